The Morgan fingerprint density at radius 2 is 2.07 bits per heavy atom. The topological polar surface area (TPSA) is 83.4 Å². The molecule has 1 saturated heterocycles. The first-order valence-corrected chi connectivity index (χ1v) is 9.49. The van der Waals surface area contributed by atoms with Crippen molar-refractivity contribution in [3.8, 4) is 11.5 Å². The molecule has 0 spiro atoms. The summed E-state index contributed by atoms with van der Waals surface area (Å²) in [5.74, 6) is 0.332. The van der Waals surface area contributed by atoms with Gasteiger partial charge in [-0.05, 0) is 52.9 Å². The van der Waals surface area contributed by atoms with Crippen LogP contribution in [0.15, 0.2) is 41.5 Å². The van der Waals surface area contributed by atoms with E-state index in [1.165, 1.54) is 12.3 Å². The summed E-state index contributed by atoms with van der Waals surface area (Å²) in [5.41, 5.74) is 4.60. The van der Waals surface area contributed by atoms with Gasteiger partial charge in [-0.15, -0.1) is 0 Å². The molecule has 2 aromatic carbocycles. The number of rotatable bonds is 5. The third-order valence-electron chi connectivity index (χ3n) is 4.17. The molecule has 0 bridgehead atoms. The second-order valence-electron chi connectivity index (χ2n) is 5.89. The van der Waals surface area contributed by atoms with E-state index in [4.69, 9.17) is 9.47 Å². The minimum Gasteiger partial charge on any atom is -0.507 e. The molecule has 0 unspecified atom stereocenters. The van der Waals surface area contributed by atoms with Crippen LogP contribution in [-0.4, -0.2) is 50.6 Å². The Labute approximate surface area is 171 Å². The Balaban J connectivity index is 1.68. The van der Waals surface area contributed by atoms with Gasteiger partial charge in [0.1, 0.15) is 11.5 Å². The van der Waals surface area contributed by atoms with Gasteiger partial charge in [-0.2, -0.15) is 5.10 Å². The molecule has 0 saturated carbocycles. The predicted octanol–water partition coefficient (Wildman–Crippen LogP) is 2.61. The molecule has 2 aromatic rings. The highest BCUT2D eigenvalue weighted by Crippen LogP contribution is 2.25. The van der Waals surface area contributed by atoms with E-state index in [-0.39, 0.29) is 5.75 Å². The average Bonchev–Trinajstić information content (AvgIpc) is 2.70. The lowest BCUT2D eigenvalue weighted by Crippen LogP contribution is -2.36. The number of nitrogens with zero attached hydrogens (tertiary/aromatic N) is 2. The van der Waals surface area contributed by atoms with Crippen molar-refractivity contribution >= 4 is 40.4 Å². The van der Waals surface area contributed by atoms with Crippen molar-refractivity contribution in [2.75, 3.05) is 38.3 Å². The fraction of sp³-hybridized carbons (Fsp3) is 0.263. The molecule has 0 atom stereocenters. The second kappa shape index (κ2) is 9.05. The molecule has 1 fully saturated rings. The van der Waals surface area contributed by atoms with Crippen molar-refractivity contribution < 1.29 is 19.4 Å². The molecule has 0 radical (unpaired) electrons. The van der Waals surface area contributed by atoms with Gasteiger partial charge in [0, 0.05) is 36.0 Å². The summed E-state index contributed by atoms with van der Waals surface area (Å²) < 4.78 is 11.5. The zero-order valence-electron chi connectivity index (χ0n) is 14.8. The van der Waals surface area contributed by atoms with Crippen LogP contribution in [0.25, 0.3) is 0 Å². The number of anilines is 1. The Hall–Kier alpha value is -2.33. The van der Waals surface area contributed by atoms with Gasteiger partial charge >= 0.3 is 0 Å². The minimum atomic E-state index is -0.401. The van der Waals surface area contributed by atoms with Crippen LogP contribution in [-0.2, 0) is 4.74 Å². The van der Waals surface area contributed by atoms with E-state index in [2.05, 4.69) is 15.4 Å². The van der Waals surface area contributed by atoms with Crippen LogP contribution in [0.3, 0.4) is 0 Å². The Morgan fingerprint density at radius 3 is 2.78 bits per heavy atom. The quantitative estimate of drug-likeness (QED) is 0.390. The predicted molar refractivity (Wildman–Crippen MR) is 112 cm³/mol. The smallest absolute Gasteiger partial charge is 0.271 e. The number of carbonyl (C=O) groups is 1. The van der Waals surface area contributed by atoms with Crippen LogP contribution >= 0.6 is 22.6 Å². The maximum atomic E-state index is 12.1. The lowest BCUT2D eigenvalue weighted by atomic mass is 10.1. The lowest BCUT2D eigenvalue weighted by molar-refractivity contribution is 0.0954. The monoisotopic (exact) mass is 481 g/mol. The normalized spacial score (nSPS) is 14.4. The molecule has 3 rings (SSSR count). The number of hydrazone groups is 1. The van der Waals surface area contributed by atoms with Crippen molar-refractivity contribution in [1.29, 1.82) is 0 Å². The van der Waals surface area contributed by atoms with Crippen LogP contribution in [0, 0.1) is 3.57 Å². The number of hydrogen-bond donors (Lipinski definition) is 2. The van der Waals surface area contributed by atoms with Gasteiger partial charge in [-0.1, -0.05) is 0 Å². The Kier molecular flexibility index (Phi) is 6.51. The third-order valence-corrected chi connectivity index (χ3v) is 5.08. The van der Waals surface area contributed by atoms with E-state index in [9.17, 15) is 9.90 Å². The van der Waals surface area contributed by atoms with Gasteiger partial charge in [0.25, 0.3) is 5.91 Å². The number of hydrogen-bond acceptors (Lipinski definition) is 6. The van der Waals surface area contributed by atoms with Gasteiger partial charge < -0.3 is 19.5 Å². The summed E-state index contributed by atoms with van der Waals surface area (Å²) in [4.78, 5) is 14.4. The molecule has 1 heterocycles. The number of amides is 1. The van der Waals surface area contributed by atoms with E-state index in [0.717, 1.165) is 24.3 Å². The van der Waals surface area contributed by atoms with E-state index in [0.29, 0.717) is 28.1 Å². The molecule has 2 N–H and O–H groups in total. The number of nitrogens with one attached hydrogen (secondary N) is 1. The first-order chi connectivity index (χ1) is 13.1. The standard InChI is InChI=1S/C19H20IN3O4/c1-26-18-11-15(23-6-8-27-9-7-23)4-2-14(18)12-21-22-19(25)13-3-5-16(20)17(24)10-13/h2-5,10-12,24H,6-9H2,1H3,(H,22,25)/b21-12-. The van der Waals surface area contributed by atoms with Crippen LogP contribution in [0.1, 0.15) is 15.9 Å². The van der Waals surface area contributed by atoms with Gasteiger partial charge in [-0.3, -0.25) is 4.79 Å². The highest BCUT2D eigenvalue weighted by atomic mass is 127. The Morgan fingerprint density at radius 1 is 1.30 bits per heavy atom. The summed E-state index contributed by atoms with van der Waals surface area (Å²) in [6.07, 6.45) is 1.53. The number of morpholine rings is 1. The number of halogens is 1. The van der Waals surface area contributed by atoms with Crippen molar-refractivity contribution in [2.45, 2.75) is 0 Å². The highest BCUT2D eigenvalue weighted by molar-refractivity contribution is 14.1. The van der Waals surface area contributed by atoms with Crippen LogP contribution in [0.4, 0.5) is 5.69 Å². The number of methoxy groups -OCH3 is 1. The minimum absolute atomic E-state index is 0.0626. The first kappa shape index (κ1) is 19.4. The summed E-state index contributed by atoms with van der Waals surface area (Å²) in [6.45, 7) is 3.11. The van der Waals surface area contributed by atoms with Gasteiger partial charge in [0.05, 0.1) is 30.1 Å². The average molecular weight is 481 g/mol. The van der Waals surface area contributed by atoms with Gasteiger partial charge in [0.15, 0.2) is 0 Å². The molecule has 142 valence electrons. The summed E-state index contributed by atoms with van der Waals surface area (Å²) >= 11 is 1.99. The number of phenolic OH excluding ortho intramolecular Hbond substituents is 1. The molecule has 8 heteroatoms. The first-order valence-electron chi connectivity index (χ1n) is 8.41. The van der Waals surface area contributed by atoms with E-state index >= 15 is 0 Å². The Bertz CT molecular complexity index is 851. The number of phenols is 1. The fourth-order valence-corrected chi connectivity index (χ4v) is 3.04. The molecule has 0 aromatic heterocycles. The van der Waals surface area contributed by atoms with Crippen molar-refractivity contribution in [3.63, 3.8) is 0 Å². The molecule has 1 aliphatic rings. The van der Waals surface area contributed by atoms with E-state index in [1.807, 2.05) is 40.8 Å². The number of carbonyl (C=O) groups excluding carboxylic acids is 1. The SMILES string of the molecule is COc1cc(N2CCOCC2)ccc1/C=N\NC(=O)c1ccc(I)c(O)c1. The molecule has 1 aliphatic heterocycles. The highest BCUT2D eigenvalue weighted by Gasteiger charge is 2.13. The fourth-order valence-electron chi connectivity index (χ4n) is 2.70. The van der Waals surface area contributed by atoms with Crippen LogP contribution in [0.2, 0.25) is 0 Å². The van der Waals surface area contributed by atoms with Crippen molar-refractivity contribution in [3.05, 3.63) is 51.1 Å². The van der Waals surface area contributed by atoms with E-state index in [1.54, 1.807) is 19.2 Å². The number of aromatic hydroxyl groups is 1. The second-order valence-corrected chi connectivity index (χ2v) is 7.05. The molecule has 27 heavy (non-hydrogen) atoms. The maximum Gasteiger partial charge on any atom is 0.271 e. The van der Waals surface area contributed by atoms with Crippen molar-refractivity contribution in [1.82, 2.24) is 5.43 Å². The third kappa shape index (κ3) is 4.89. The molecule has 0 aliphatic carbocycles. The van der Waals surface area contributed by atoms with Crippen LogP contribution < -0.4 is 15.1 Å². The van der Waals surface area contributed by atoms with Crippen LogP contribution in [0.5, 0.6) is 11.5 Å². The molecule has 1 amide bonds. The molecule has 7 nitrogen and oxygen atoms in total. The zero-order chi connectivity index (χ0) is 19.2. The summed E-state index contributed by atoms with van der Waals surface area (Å²) in [6, 6.07) is 10.5. The van der Waals surface area contributed by atoms with E-state index < -0.39 is 5.91 Å². The summed E-state index contributed by atoms with van der Waals surface area (Å²) in [7, 11) is 1.60. The molecular weight excluding hydrogens is 461 g/mol. The largest absolute Gasteiger partial charge is 0.507 e. The number of ether oxygens (including phenoxy) is 2. The lowest BCUT2D eigenvalue weighted by Gasteiger charge is -2.29. The van der Waals surface area contributed by atoms with Gasteiger partial charge in [0.2, 0.25) is 0 Å². The zero-order valence-corrected chi connectivity index (χ0v) is 17.0. The van der Waals surface area contributed by atoms with Crippen molar-refractivity contribution in [2.24, 2.45) is 5.10 Å². The van der Waals surface area contributed by atoms with Gasteiger partial charge in [-0.25, -0.2) is 5.43 Å². The molecular formula is C19H20IN3O4. The summed E-state index contributed by atoms with van der Waals surface area (Å²) in [5, 5.41) is 13.7. The number of benzene rings is 2. The maximum absolute atomic E-state index is 12.1.